The number of carbonyl (C=O) groups excluding carboxylic acids is 1. The number of nitrogens with one attached hydrogen (secondary N) is 2. The Kier molecular flexibility index (Phi) is 7.85. The summed E-state index contributed by atoms with van der Waals surface area (Å²) in [7, 11) is -2.08. The zero-order valence-corrected chi connectivity index (χ0v) is 20.6. The predicted octanol–water partition coefficient (Wildman–Crippen LogP) is 3.49. The van der Waals surface area contributed by atoms with Crippen LogP contribution in [0, 0.1) is 0 Å². The van der Waals surface area contributed by atoms with Gasteiger partial charge < -0.3 is 10.1 Å². The van der Waals surface area contributed by atoms with Gasteiger partial charge in [0.2, 0.25) is 0 Å². The zero-order valence-electron chi connectivity index (χ0n) is 19.8. The number of ether oxygens (including phenoxy) is 1. The van der Waals surface area contributed by atoms with E-state index in [9.17, 15) is 13.2 Å². The number of hydrogen-bond donors (Lipinski definition) is 2. The molecule has 0 saturated carbocycles. The minimum Gasteiger partial charge on any atom is -0.496 e. The third-order valence-electron chi connectivity index (χ3n) is 6.65. The van der Waals surface area contributed by atoms with Crippen molar-refractivity contribution >= 4 is 16.1 Å². The molecule has 3 aromatic rings. The van der Waals surface area contributed by atoms with E-state index < -0.39 is 10.2 Å². The third-order valence-corrected chi connectivity index (χ3v) is 8.20. The van der Waals surface area contributed by atoms with Crippen molar-refractivity contribution < 1.29 is 17.9 Å². The molecular formula is C27H31N3O4S. The van der Waals surface area contributed by atoms with Crippen molar-refractivity contribution in [1.82, 2.24) is 14.3 Å². The number of para-hydroxylation sites is 1. The second kappa shape index (κ2) is 11.0. The number of nitrogens with zero attached hydrogens (tertiary/aromatic N) is 1. The summed E-state index contributed by atoms with van der Waals surface area (Å²) in [6.45, 7) is 1.38. The van der Waals surface area contributed by atoms with Crippen LogP contribution in [0.15, 0.2) is 84.9 Å². The van der Waals surface area contributed by atoms with Crippen molar-refractivity contribution in [2.24, 2.45) is 0 Å². The van der Waals surface area contributed by atoms with Gasteiger partial charge in [0.15, 0.2) is 0 Å². The first-order valence-corrected chi connectivity index (χ1v) is 13.1. The number of methoxy groups -OCH3 is 1. The van der Waals surface area contributed by atoms with Gasteiger partial charge in [0.25, 0.3) is 16.1 Å². The van der Waals surface area contributed by atoms with Crippen LogP contribution in [0.4, 0.5) is 0 Å². The number of carbonyl (C=O) groups is 1. The molecule has 0 bridgehead atoms. The minimum absolute atomic E-state index is 0.211. The Labute approximate surface area is 207 Å². The fraction of sp³-hybridized carbons (Fsp3) is 0.296. The van der Waals surface area contributed by atoms with Gasteiger partial charge in [0, 0.05) is 31.6 Å². The largest absolute Gasteiger partial charge is 0.496 e. The highest BCUT2D eigenvalue weighted by molar-refractivity contribution is 7.87. The molecule has 0 unspecified atom stereocenters. The lowest BCUT2D eigenvalue weighted by Crippen LogP contribution is -2.52. The minimum atomic E-state index is -3.62. The summed E-state index contributed by atoms with van der Waals surface area (Å²) in [6.07, 6.45) is 1.19. The van der Waals surface area contributed by atoms with Gasteiger partial charge in [-0.05, 0) is 36.1 Å². The smallest absolute Gasteiger partial charge is 0.279 e. The monoisotopic (exact) mass is 493 g/mol. The molecule has 1 heterocycles. The Morgan fingerprint density at radius 2 is 1.51 bits per heavy atom. The van der Waals surface area contributed by atoms with Crippen LogP contribution in [0.1, 0.15) is 34.3 Å². The Balaban J connectivity index is 1.46. The van der Waals surface area contributed by atoms with E-state index in [1.54, 1.807) is 25.3 Å². The van der Waals surface area contributed by atoms with E-state index >= 15 is 0 Å². The highest BCUT2D eigenvalue weighted by Gasteiger charge is 2.39. The molecule has 35 heavy (non-hydrogen) atoms. The van der Waals surface area contributed by atoms with Crippen molar-refractivity contribution in [3.05, 3.63) is 102 Å². The SMILES string of the molecule is COc1ccccc1C(=O)NCC1(c2ccccc2)CCN(S(=O)(=O)NCc2ccccc2)CC1. The van der Waals surface area contributed by atoms with Gasteiger partial charge in [0.1, 0.15) is 5.75 Å². The van der Waals surface area contributed by atoms with E-state index in [4.69, 9.17) is 4.74 Å². The number of hydrogen-bond acceptors (Lipinski definition) is 4. The lowest BCUT2D eigenvalue weighted by molar-refractivity contribution is 0.0929. The van der Waals surface area contributed by atoms with Crippen LogP contribution in [0.5, 0.6) is 5.75 Å². The molecule has 0 aromatic heterocycles. The average molecular weight is 494 g/mol. The molecular weight excluding hydrogens is 462 g/mol. The summed E-state index contributed by atoms with van der Waals surface area (Å²) in [5, 5.41) is 3.08. The molecule has 1 saturated heterocycles. The maximum atomic E-state index is 13.0. The van der Waals surface area contributed by atoms with Gasteiger partial charge in [-0.25, -0.2) is 0 Å². The maximum absolute atomic E-state index is 13.0. The predicted molar refractivity (Wildman–Crippen MR) is 136 cm³/mol. The summed E-state index contributed by atoms with van der Waals surface area (Å²) in [6, 6.07) is 26.6. The highest BCUT2D eigenvalue weighted by Crippen LogP contribution is 2.36. The Hall–Kier alpha value is -3.20. The molecule has 0 atom stereocenters. The number of rotatable bonds is 9. The molecule has 184 valence electrons. The number of amides is 1. The molecule has 4 rings (SSSR count). The van der Waals surface area contributed by atoms with Crippen LogP contribution < -0.4 is 14.8 Å². The molecule has 1 aliphatic heterocycles. The van der Waals surface area contributed by atoms with Gasteiger partial charge >= 0.3 is 0 Å². The zero-order chi connectivity index (χ0) is 24.7. The van der Waals surface area contributed by atoms with Crippen LogP contribution >= 0.6 is 0 Å². The normalized spacial score (nSPS) is 15.9. The average Bonchev–Trinajstić information content (AvgIpc) is 2.92. The van der Waals surface area contributed by atoms with E-state index in [0.717, 1.165) is 11.1 Å². The van der Waals surface area contributed by atoms with Crippen LogP contribution in [0.2, 0.25) is 0 Å². The first kappa shape index (κ1) is 24.9. The van der Waals surface area contributed by atoms with Crippen molar-refractivity contribution in [3.8, 4) is 5.75 Å². The van der Waals surface area contributed by atoms with Crippen molar-refractivity contribution in [1.29, 1.82) is 0 Å². The van der Waals surface area contributed by atoms with Gasteiger partial charge in [-0.1, -0.05) is 72.8 Å². The fourth-order valence-corrected chi connectivity index (χ4v) is 5.75. The molecule has 1 aliphatic rings. The number of benzene rings is 3. The molecule has 1 amide bonds. The fourth-order valence-electron chi connectivity index (χ4n) is 4.55. The number of piperidine rings is 1. The van der Waals surface area contributed by atoms with E-state index in [2.05, 4.69) is 10.0 Å². The molecule has 3 aromatic carbocycles. The standard InChI is InChI=1S/C27H31N3O4S/c1-34-25-15-9-8-14-24(25)26(31)28-21-27(23-12-6-3-7-13-23)16-18-30(19-17-27)35(32,33)29-20-22-10-4-2-5-11-22/h2-15,29H,16-21H2,1H3,(H,28,31). The van der Waals surface area contributed by atoms with Crippen LogP contribution in [-0.4, -0.2) is 45.4 Å². The Morgan fingerprint density at radius 3 is 2.17 bits per heavy atom. The van der Waals surface area contributed by atoms with Gasteiger partial charge in [-0.2, -0.15) is 17.4 Å². The topological polar surface area (TPSA) is 87.7 Å². The van der Waals surface area contributed by atoms with E-state index in [-0.39, 0.29) is 17.9 Å². The molecule has 2 N–H and O–H groups in total. The van der Waals surface area contributed by atoms with Crippen molar-refractivity contribution in [3.63, 3.8) is 0 Å². The summed E-state index contributed by atoms with van der Waals surface area (Å²) < 4.78 is 35.5. The third kappa shape index (κ3) is 5.90. The van der Waals surface area contributed by atoms with Crippen molar-refractivity contribution in [2.75, 3.05) is 26.7 Å². The first-order valence-electron chi connectivity index (χ1n) is 11.7. The summed E-state index contributed by atoms with van der Waals surface area (Å²) in [5.41, 5.74) is 2.11. The summed E-state index contributed by atoms with van der Waals surface area (Å²) in [4.78, 5) is 13.0. The quantitative estimate of drug-likeness (QED) is 0.478. The van der Waals surface area contributed by atoms with E-state index in [0.29, 0.717) is 43.8 Å². The maximum Gasteiger partial charge on any atom is 0.279 e. The molecule has 8 heteroatoms. The van der Waals surface area contributed by atoms with E-state index in [1.807, 2.05) is 66.7 Å². The molecule has 0 aliphatic carbocycles. The Bertz CT molecular complexity index is 1230. The molecule has 7 nitrogen and oxygen atoms in total. The van der Waals surface area contributed by atoms with Crippen LogP contribution in [0.25, 0.3) is 0 Å². The summed E-state index contributed by atoms with van der Waals surface area (Å²) in [5.74, 6) is 0.307. The lowest BCUT2D eigenvalue weighted by Gasteiger charge is -2.42. The second-order valence-corrected chi connectivity index (χ2v) is 10.5. The molecule has 0 radical (unpaired) electrons. The molecule has 1 fully saturated rings. The van der Waals surface area contributed by atoms with Gasteiger partial charge in [-0.15, -0.1) is 0 Å². The van der Waals surface area contributed by atoms with Crippen LogP contribution in [0.3, 0.4) is 0 Å². The highest BCUT2D eigenvalue weighted by atomic mass is 32.2. The molecule has 0 spiro atoms. The second-order valence-electron chi connectivity index (χ2n) is 8.74. The van der Waals surface area contributed by atoms with Crippen LogP contribution in [-0.2, 0) is 22.2 Å². The van der Waals surface area contributed by atoms with E-state index in [1.165, 1.54) is 4.31 Å². The lowest BCUT2D eigenvalue weighted by atomic mass is 9.73. The van der Waals surface area contributed by atoms with Gasteiger partial charge in [0.05, 0.1) is 12.7 Å². The Morgan fingerprint density at radius 1 is 0.914 bits per heavy atom. The van der Waals surface area contributed by atoms with Gasteiger partial charge in [-0.3, -0.25) is 4.79 Å². The first-order chi connectivity index (χ1) is 16.9. The van der Waals surface area contributed by atoms with Crippen molar-refractivity contribution in [2.45, 2.75) is 24.8 Å². The summed E-state index contributed by atoms with van der Waals surface area (Å²) >= 11 is 0.